The molecular weight excluding hydrogens is 228 g/mol. The first kappa shape index (κ1) is 15.4. The number of carbonyl (C=O) groups is 1. The molecule has 1 fully saturated rings. The Kier molecular flexibility index (Phi) is 8.25. The van der Waals surface area contributed by atoms with E-state index in [0.29, 0.717) is 12.6 Å². The molecule has 1 rings (SSSR count). The molecule has 0 aliphatic carbocycles. The van der Waals surface area contributed by atoms with Crippen molar-refractivity contribution in [2.75, 3.05) is 33.4 Å². The molecule has 0 bridgehead atoms. The smallest absolute Gasteiger partial charge is 0.248 e. The standard InChI is InChI=1S/C11H20N2O2.ClH/c1-3-8-15-9-11(14)13-6-4-10(12-2)5-7-13;/h3,10,12H,1,4-9H2,2H3;1H. The van der Waals surface area contributed by atoms with E-state index in [9.17, 15) is 4.79 Å². The van der Waals surface area contributed by atoms with Gasteiger partial charge in [-0.25, -0.2) is 0 Å². The summed E-state index contributed by atoms with van der Waals surface area (Å²) < 4.78 is 5.13. The van der Waals surface area contributed by atoms with Gasteiger partial charge in [0.05, 0.1) is 6.61 Å². The molecule has 1 aliphatic rings. The SMILES string of the molecule is C=CCOCC(=O)N1CCC(NC)CC1.Cl. The van der Waals surface area contributed by atoms with Crippen LogP contribution in [0.25, 0.3) is 0 Å². The first-order valence-electron chi connectivity index (χ1n) is 5.41. The zero-order valence-electron chi connectivity index (χ0n) is 9.78. The number of ether oxygens (including phenoxy) is 1. The first-order valence-corrected chi connectivity index (χ1v) is 5.41. The number of carbonyl (C=O) groups excluding carboxylic acids is 1. The molecule has 1 saturated heterocycles. The van der Waals surface area contributed by atoms with Gasteiger partial charge in [-0.3, -0.25) is 4.79 Å². The summed E-state index contributed by atoms with van der Waals surface area (Å²) in [5.41, 5.74) is 0. The Labute approximate surface area is 103 Å². The van der Waals surface area contributed by atoms with Crippen LogP contribution in [0.15, 0.2) is 12.7 Å². The number of nitrogens with one attached hydrogen (secondary N) is 1. The number of amides is 1. The van der Waals surface area contributed by atoms with Crippen LogP contribution in [0.4, 0.5) is 0 Å². The quantitative estimate of drug-likeness (QED) is 0.579. The summed E-state index contributed by atoms with van der Waals surface area (Å²) in [6, 6.07) is 0.558. The molecule has 94 valence electrons. The van der Waals surface area contributed by atoms with Crippen LogP contribution in [-0.2, 0) is 9.53 Å². The Morgan fingerprint density at radius 2 is 2.19 bits per heavy atom. The molecule has 0 aromatic heterocycles. The Hall–Kier alpha value is -0.580. The molecule has 0 aromatic rings. The molecule has 1 N–H and O–H groups in total. The van der Waals surface area contributed by atoms with Crippen LogP contribution < -0.4 is 5.32 Å². The second kappa shape index (κ2) is 8.56. The number of hydrogen-bond acceptors (Lipinski definition) is 3. The summed E-state index contributed by atoms with van der Waals surface area (Å²) in [4.78, 5) is 13.5. The second-order valence-electron chi connectivity index (χ2n) is 3.75. The minimum atomic E-state index is 0. The van der Waals surface area contributed by atoms with Crippen LogP contribution >= 0.6 is 12.4 Å². The van der Waals surface area contributed by atoms with E-state index < -0.39 is 0 Å². The van der Waals surface area contributed by atoms with Crippen molar-refractivity contribution in [1.29, 1.82) is 0 Å². The van der Waals surface area contributed by atoms with E-state index in [1.165, 1.54) is 0 Å². The third-order valence-electron chi connectivity index (χ3n) is 2.72. The number of likely N-dealkylation sites (tertiary alicyclic amines) is 1. The van der Waals surface area contributed by atoms with Gasteiger partial charge in [0.25, 0.3) is 0 Å². The second-order valence-corrected chi connectivity index (χ2v) is 3.75. The van der Waals surface area contributed by atoms with Crippen LogP contribution in [-0.4, -0.2) is 50.2 Å². The van der Waals surface area contributed by atoms with E-state index in [0.717, 1.165) is 25.9 Å². The van der Waals surface area contributed by atoms with Gasteiger partial charge in [-0.1, -0.05) is 6.08 Å². The third-order valence-corrected chi connectivity index (χ3v) is 2.72. The van der Waals surface area contributed by atoms with E-state index in [1.807, 2.05) is 11.9 Å². The Balaban J connectivity index is 0.00000225. The summed E-state index contributed by atoms with van der Waals surface area (Å²) >= 11 is 0. The van der Waals surface area contributed by atoms with Crippen LogP contribution in [0.3, 0.4) is 0 Å². The topological polar surface area (TPSA) is 41.6 Å². The van der Waals surface area contributed by atoms with Gasteiger partial charge < -0.3 is 15.0 Å². The van der Waals surface area contributed by atoms with Gasteiger partial charge in [-0.2, -0.15) is 0 Å². The molecule has 0 radical (unpaired) electrons. The van der Waals surface area contributed by atoms with E-state index >= 15 is 0 Å². The number of halogens is 1. The number of nitrogens with zero attached hydrogens (tertiary/aromatic N) is 1. The van der Waals surface area contributed by atoms with Crippen molar-refractivity contribution in [2.24, 2.45) is 0 Å². The Morgan fingerprint density at radius 1 is 1.56 bits per heavy atom. The molecule has 0 aromatic carbocycles. The summed E-state index contributed by atoms with van der Waals surface area (Å²) in [5.74, 6) is 0.0893. The molecule has 1 amide bonds. The van der Waals surface area contributed by atoms with Gasteiger partial charge in [-0.05, 0) is 19.9 Å². The fourth-order valence-corrected chi connectivity index (χ4v) is 1.74. The lowest BCUT2D eigenvalue weighted by Gasteiger charge is -2.31. The van der Waals surface area contributed by atoms with Crippen LogP contribution in [0.5, 0.6) is 0 Å². The molecular formula is C11H21ClN2O2. The molecule has 0 spiro atoms. The van der Waals surface area contributed by atoms with Gasteiger partial charge in [0.15, 0.2) is 0 Å². The predicted molar refractivity (Wildman–Crippen MR) is 66.9 cm³/mol. The maximum absolute atomic E-state index is 11.6. The van der Waals surface area contributed by atoms with Crippen molar-refractivity contribution in [3.63, 3.8) is 0 Å². The van der Waals surface area contributed by atoms with Crippen molar-refractivity contribution < 1.29 is 9.53 Å². The average Bonchev–Trinajstić information content (AvgIpc) is 2.29. The lowest BCUT2D eigenvalue weighted by Crippen LogP contribution is -2.45. The molecule has 0 saturated carbocycles. The monoisotopic (exact) mass is 248 g/mol. The van der Waals surface area contributed by atoms with Crippen LogP contribution in [0.2, 0.25) is 0 Å². The van der Waals surface area contributed by atoms with Crippen molar-refractivity contribution in [2.45, 2.75) is 18.9 Å². The maximum atomic E-state index is 11.6. The normalized spacial score (nSPS) is 16.7. The van der Waals surface area contributed by atoms with Gasteiger partial charge >= 0.3 is 0 Å². The van der Waals surface area contributed by atoms with E-state index in [4.69, 9.17) is 4.74 Å². The maximum Gasteiger partial charge on any atom is 0.248 e. The molecule has 0 atom stereocenters. The molecule has 4 nitrogen and oxygen atoms in total. The van der Waals surface area contributed by atoms with Crippen LogP contribution in [0.1, 0.15) is 12.8 Å². The highest BCUT2D eigenvalue weighted by Gasteiger charge is 2.21. The zero-order chi connectivity index (χ0) is 11.1. The average molecular weight is 249 g/mol. The third kappa shape index (κ3) is 4.96. The fraction of sp³-hybridized carbons (Fsp3) is 0.727. The predicted octanol–water partition coefficient (Wildman–Crippen LogP) is 0.821. The molecule has 16 heavy (non-hydrogen) atoms. The Morgan fingerprint density at radius 3 is 2.69 bits per heavy atom. The van der Waals surface area contributed by atoms with Crippen LogP contribution in [0, 0.1) is 0 Å². The summed E-state index contributed by atoms with van der Waals surface area (Å²) in [6.07, 6.45) is 3.72. The molecule has 1 heterocycles. The van der Waals surface area contributed by atoms with Gasteiger partial charge in [0.1, 0.15) is 6.61 Å². The zero-order valence-corrected chi connectivity index (χ0v) is 10.6. The largest absolute Gasteiger partial charge is 0.368 e. The first-order chi connectivity index (χ1) is 7.27. The van der Waals surface area contributed by atoms with Gasteiger partial charge in [0, 0.05) is 19.1 Å². The molecule has 1 aliphatic heterocycles. The minimum Gasteiger partial charge on any atom is -0.368 e. The fourth-order valence-electron chi connectivity index (χ4n) is 1.74. The number of hydrogen-bond donors (Lipinski definition) is 1. The molecule has 5 heteroatoms. The highest BCUT2D eigenvalue weighted by molar-refractivity contribution is 5.85. The minimum absolute atomic E-state index is 0. The lowest BCUT2D eigenvalue weighted by molar-refractivity contribution is -0.136. The van der Waals surface area contributed by atoms with Gasteiger partial charge in [-0.15, -0.1) is 19.0 Å². The molecule has 0 unspecified atom stereocenters. The van der Waals surface area contributed by atoms with Crippen molar-refractivity contribution in [3.05, 3.63) is 12.7 Å². The highest BCUT2D eigenvalue weighted by atomic mass is 35.5. The van der Waals surface area contributed by atoms with E-state index in [1.54, 1.807) is 6.08 Å². The Bertz CT molecular complexity index is 216. The van der Waals surface area contributed by atoms with E-state index in [2.05, 4.69) is 11.9 Å². The summed E-state index contributed by atoms with van der Waals surface area (Å²) in [7, 11) is 1.97. The van der Waals surface area contributed by atoms with Crippen molar-refractivity contribution in [1.82, 2.24) is 10.2 Å². The summed E-state index contributed by atoms with van der Waals surface area (Å²) in [6.45, 7) is 5.82. The van der Waals surface area contributed by atoms with Gasteiger partial charge in [0.2, 0.25) is 5.91 Å². The highest BCUT2D eigenvalue weighted by Crippen LogP contribution is 2.09. The summed E-state index contributed by atoms with van der Waals surface area (Å²) in [5, 5.41) is 3.23. The number of rotatable bonds is 5. The van der Waals surface area contributed by atoms with Crippen molar-refractivity contribution in [3.8, 4) is 0 Å². The van der Waals surface area contributed by atoms with Crippen molar-refractivity contribution >= 4 is 18.3 Å². The number of piperidine rings is 1. The van der Waals surface area contributed by atoms with E-state index in [-0.39, 0.29) is 24.9 Å². The lowest BCUT2D eigenvalue weighted by atomic mass is 10.1.